The molecule has 0 radical (unpaired) electrons. The van der Waals surface area contributed by atoms with Crippen molar-refractivity contribution in [3.05, 3.63) is 35.3 Å². The molecule has 3 saturated carbocycles. The van der Waals surface area contributed by atoms with Gasteiger partial charge in [-0.1, -0.05) is 20.8 Å². The normalized spacial score (nSPS) is 28.3. The summed E-state index contributed by atoms with van der Waals surface area (Å²) in [5.41, 5.74) is 4.51. The molecule has 37 heteroatoms. The van der Waals surface area contributed by atoms with Gasteiger partial charge >= 0.3 is 49.3 Å². The number of nitrogens with zero attached hydrogens (tertiary/aromatic N) is 12. The largest absolute Gasteiger partial charge is 0.423 e. The highest BCUT2D eigenvalue weighted by Gasteiger charge is 2.67. The van der Waals surface area contributed by atoms with E-state index in [0.717, 1.165) is 55.1 Å². The van der Waals surface area contributed by atoms with Gasteiger partial charge in [-0.3, -0.25) is 13.7 Å². The number of piperidine rings is 3. The third-order valence-corrected chi connectivity index (χ3v) is 17.0. The molecule has 3 aromatic heterocycles. The van der Waals surface area contributed by atoms with Crippen molar-refractivity contribution in [2.45, 2.75) is 146 Å². The molecule has 6 amide bonds. The van der Waals surface area contributed by atoms with Crippen LogP contribution in [0, 0.1) is 16.2 Å². The number of hydrogen-bond acceptors (Lipinski definition) is 24. The Kier molecular flexibility index (Phi) is 14.8. The van der Waals surface area contributed by atoms with Crippen LogP contribution in [-0.4, -0.2) is 172 Å². The summed E-state index contributed by atoms with van der Waals surface area (Å²) in [6.45, 7) is 6.46. The molecule has 3 aliphatic carbocycles. The van der Waals surface area contributed by atoms with Crippen molar-refractivity contribution in [2.75, 3.05) is 26.2 Å². The van der Waals surface area contributed by atoms with E-state index in [0.29, 0.717) is 49.1 Å². The van der Waals surface area contributed by atoms with Gasteiger partial charge < -0.3 is 43.9 Å². The molecule has 12 rings (SSSR count). The molecule has 6 bridgehead atoms. The van der Waals surface area contributed by atoms with Gasteiger partial charge in [-0.25, -0.2) is 14.4 Å². The summed E-state index contributed by atoms with van der Waals surface area (Å²) < 4.78 is 124. The molecule has 6 saturated heterocycles. The van der Waals surface area contributed by atoms with Gasteiger partial charge in [-0.15, -0.1) is 67.4 Å². The van der Waals surface area contributed by atoms with E-state index in [-0.39, 0.29) is 89.3 Å². The van der Waals surface area contributed by atoms with E-state index >= 15 is 0 Å². The van der Waals surface area contributed by atoms with Crippen LogP contribution in [0.25, 0.3) is 0 Å². The van der Waals surface area contributed by atoms with Gasteiger partial charge in [0.1, 0.15) is 30.3 Å². The lowest BCUT2D eigenvalue weighted by Gasteiger charge is -2.34. The van der Waals surface area contributed by atoms with E-state index in [1.807, 2.05) is 13.8 Å². The fourth-order valence-corrected chi connectivity index (χ4v) is 12.3. The minimum Gasteiger partial charge on any atom is -0.423 e. The predicted molar refractivity (Wildman–Crippen MR) is 254 cm³/mol. The third kappa shape index (κ3) is 10.6. The molecule has 3 aromatic rings. The number of halogens is 1. The van der Waals surface area contributed by atoms with Gasteiger partial charge in [-0.05, 0) is 86.9 Å². The van der Waals surface area contributed by atoms with Crippen LogP contribution in [0.5, 0.6) is 0 Å². The maximum absolute atomic E-state index is 12.6. The van der Waals surface area contributed by atoms with Crippen molar-refractivity contribution >= 4 is 73.3 Å². The molecule has 422 valence electrons. The average molecular weight is 1250 g/mol. The number of aromatic nitrogens is 6. The van der Waals surface area contributed by atoms with E-state index in [4.69, 9.17) is 32.6 Å². The van der Waals surface area contributed by atoms with Crippen molar-refractivity contribution in [2.24, 2.45) is 22.0 Å². The third-order valence-electron chi connectivity index (χ3n) is 15.9. The minimum atomic E-state index is -4.81. The minimum absolute atomic E-state index is 0. The van der Waals surface area contributed by atoms with E-state index in [1.165, 1.54) is 14.7 Å². The van der Waals surface area contributed by atoms with Gasteiger partial charge in [0.15, 0.2) is 0 Å². The number of hydrogen-bond donors (Lipinski definition) is 6. The Morgan fingerprint density at radius 2 is 0.855 bits per heavy atom. The lowest BCUT2D eigenvalue weighted by molar-refractivity contribution is -0.0531. The Hall–Kier alpha value is -4.55. The highest BCUT2D eigenvalue weighted by atomic mass is 127. The predicted octanol–water partition coefficient (Wildman–Crippen LogP) is 1.97. The zero-order chi connectivity index (χ0) is 53.9. The summed E-state index contributed by atoms with van der Waals surface area (Å²) in [7, 11) is -14.4. The first-order valence-electron chi connectivity index (χ1n) is 24.1. The summed E-state index contributed by atoms with van der Waals surface area (Å²) in [5.74, 6) is 1.42. The number of aliphatic hydroxyl groups is 2. The number of aliphatic hydroxyl groups excluding tert-OH is 2. The highest BCUT2D eigenvalue weighted by molar-refractivity contribution is 14.0. The molecule has 9 aliphatic rings. The topological polar surface area (TPSA) is 445 Å². The van der Waals surface area contributed by atoms with E-state index in [2.05, 4.69) is 43.4 Å². The molecule has 0 aromatic carbocycles. The number of carbonyl (C=O) groups excluding carboxylic acids is 3. The second kappa shape index (κ2) is 20.0. The highest BCUT2D eigenvalue weighted by Crippen LogP contribution is 2.64. The summed E-state index contributed by atoms with van der Waals surface area (Å²) in [4.78, 5) is 42.0. The summed E-state index contributed by atoms with van der Waals surface area (Å²) >= 11 is 0. The zero-order valence-corrected chi connectivity index (χ0v) is 45.5. The molecule has 3 spiro atoms. The van der Waals surface area contributed by atoms with E-state index in [9.17, 15) is 49.9 Å². The first-order chi connectivity index (χ1) is 35.2. The van der Waals surface area contributed by atoms with Crippen LogP contribution in [-0.2, 0) is 44.0 Å². The first-order valence-corrected chi connectivity index (χ1v) is 28.2. The fraction of sp³-hybridized carbons (Fsp3) is 0.769. The second-order valence-corrected chi connectivity index (χ2v) is 23.5. The molecular formula is C39H56IN13O20S3. The van der Waals surface area contributed by atoms with Crippen molar-refractivity contribution in [3.63, 3.8) is 0 Å². The molecule has 76 heavy (non-hydrogen) atoms. The van der Waals surface area contributed by atoms with Crippen LogP contribution in [0.3, 0.4) is 0 Å². The molecule has 3 unspecified atom stereocenters. The molecule has 6 aliphatic heterocycles. The molecule has 9 fully saturated rings. The van der Waals surface area contributed by atoms with Crippen molar-refractivity contribution in [3.8, 4) is 0 Å². The van der Waals surface area contributed by atoms with Gasteiger partial charge in [0.05, 0.1) is 18.1 Å². The molecule has 33 nitrogen and oxygen atoms in total. The molecule has 9 heterocycles. The number of fused-ring (bicyclic) bond motifs is 9. The quantitative estimate of drug-likeness (QED) is 0.0935. The van der Waals surface area contributed by atoms with E-state index in [1.54, 1.807) is 6.92 Å². The van der Waals surface area contributed by atoms with Crippen LogP contribution in [0.2, 0.25) is 0 Å². The maximum Gasteiger partial charge on any atom is 0.418 e. The SMILES string of the molecule is CCC(C)c1nnc([C@@H]2CC3(CC3)[C@@H]3CN2C(=O)N3OS(=O)(=O)O)o1.CCC(O)c1nnc([C@@H]2CC3(CC3)[C@@H]3CN2C(=O)N3OS(=O)(=O)O)o1.I.NCC(O)c1nnc([C@@H]2CC3(CC3)[C@@H]3CN2C(=O)N3OS(=O)(=O)O)o1. The zero-order valence-electron chi connectivity index (χ0n) is 40.7. The Bertz CT molecular complexity index is 2740. The van der Waals surface area contributed by atoms with Crippen LogP contribution in [0.15, 0.2) is 13.3 Å². The van der Waals surface area contributed by atoms with Gasteiger partial charge in [0, 0.05) is 32.1 Å². The van der Waals surface area contributed by atoms with Crippen LogP contribution >= 0.6 is 24.0 Å². The van der Waals surface area contributed by atoms with Crippen LogP contribution in [0.4, 0.5) is 14.4 Å². The number of nitrogens with two attached hydrogens (primary N) is 1. The van der Waals surface area contributed by atoms with Crippen molar-refractivity contribution in [1.29, 1.82) is 0 Å². The summed E-state index contributed by atoms with van der Waals surface area (Å²) in [5, 5.41) is 45.4. The van der Waals surface area contributed by atoms with Crippen molar-refractivity contribution < 1.29 is 89.6 Å². The maximum atomic E-state index is 12.6. The van der Waals surface area contributed by atoms with Gasteiger partial charge in [0.25, 0.3) is 0 Å². The van der Waals surface area contributed by atoms with Gasteiger partial charge in [-0.2, -0.15) is 40.4 Å². The Morgan fingerprint density at radius 3 is 1.13 bits per heavy atom. The number of carbonyl (C=O) groups is 3. The Morgan fingerprint density at radius 1 is 0.553 bits per heavy atom. The van der Waals surface area contributed by atoms with E-state index < -0.39 is 97.7 Å². The average Bonchev–Trinajstić information content (AvgIpc) is 4.17. The standard InChI is InChI=1S/C14H20N4O6S.C13H18N4O7S.C12H17N5O7S.HI/c1-3-8(2)11-15-16-12(23-11)9-6-14(4-5-14)10-7-17(9)13(19)18(10)24-25(20,21)22;1-2-8(18)11-15-14-10(23-11)7-5-13(3-4-13)9-6-16(7)12(19)17(9)24-25(20,21)22;13-4-7(18)10-15-14-9(23-10)6-3-12(1-2-12)8-5-16(6)11(19)17(8)24-25(20,21)22;/h8-10H,3-7H2,1-2H3,(H,20,21,22);7-9,18H,2-6H2,1H3,(H,20,21,22);6-8,18H,1-5,13H2,(H,20,21,22);1H/t8?,9-,10-;7-,8?,9-;6-,7?,8-;/m000./s1. The summed E-state index contributed by atoms with van der Waals surface area (Å²) in [6, 6.07) is -4.82. The second-order valence-electron chi connectivity index (χ2n) is 20.5. The smallest absolute Gasteiger partial charge is 0.418 e. The first kappa shape index (κ1) is 56.2. The van der Waals surface area contributed by atoms with Crippen LogP contribution < -0.4 is 5.73 Å². The van der Waals surface area contributed by atoms with Crippen molar-refractivity contribution in [1.82, 2.24) is 60.5 Å². The Balaban J connectivity index is 0.000000138. The number of hydroxylamine groups is 6. The fourth-order valence-electron chi connectivity index (χ4n) is 11.2. The lowest BCUT2D eigenvalue weighted by atomic mass is 9.85. The number of urea groups is 3. The number of amides is 6. The summed E-state index contributed by atoms with van der Waals surface area (Å²) in [6.07, 6.45) is 5.82. The lowest BCUT2D eigenvalue weighted by Crippen LogP contribution is -2.43. The molecular weight excluding hydrogens is 1190 g/mol. The number of rotatable bonds is 15. The molecule has 7 N–H and O–H groups in total. The van der Waals surface area contributed by atoms with Gasteiger partial charge in [0.2, 0.25) is 35.3 Å². The molecule has 9 atom stereocenters. The van der Waals surface area contributed by atoms with Crippen LogP contribution in [0.1, 0.15) is 163 Å². The monoisotopic (exact) mass is 1250 g/mol. The Labute approximate surface area is 450 Å².